The fourth-order valence-electron chi connectivity index (χ4n) is 1.82. The SMILES string of the molecule is CN(C(=O)CCCOc1ccc(S(C)(=O)=O)cc1)C(C)(C)C(=O)O. The molecule has 0 bridgehead atoms. The number of carbonyl (C=O) groups is 2. The molecule has 0 saturated heterocycles. The lowest BCUT2D eigenvalue weighted by Crippen LogP contribution is -2.50. The summed E-state index contributed by atoms with van der Waals surface area (Å²) in [4.78, 5) is 24.5. The molecule has 134 valence electrons. The third kappa shape index (κ3) is 5.23. The molecule has 0 aliphatic carbocycles. The molecule has 0 saturated carbocycles. The van der Waals surface area contributed by atoms with Crippen LogP contribution in [-0.2, 0) is 19.4 Å². The lowest BCUT2D eigenvalue weighted by Gasteiger charge is -2.31. The zero-order valence-electron chi connectivity index (χ0n) is 14.3. The van der Waals surface area contributed by atoms with Crippen molar-refractivity contribution in [3.05, 3.63) is 24.3 Å². The second-order valence-corrected chi connectivity index (χ2v) is 8.03. The zero-order valence-corrected chi connectivity index (χ0v) is 15.1. The molecular weight excluding hydrogens is 334 g/mol. The van der Waals surface area contributed by atoms with Crippen LogP contribution in [0, 0.1) is 0 Å². The Kier molecular flexibility index (Phi) is 6.36. The van der Waals surface area contributed by atoms with Crippen molar-refractivity contribution in [2.45, 2.75) is 37.1 Å². The highest BCUT2D eigenvalue weighted by Gasteiger charge is 2.34. The summed E-state index contributed by atoms with van der Waals surface area (Å²) in [6, 6.07) is 6.02. The highest BCUT2D eigenvalue weighted by molar-refractivity contribution is 7.90. The smallest absolute Gasteiger partial charge is 0.329 e. The minimum atomic E-state index is -3.24. The summed E-state index contributed by atoms with van der Waals surface area (Å²) in [6.07, 6.45) is 1.71. The standard InChI is InChI=1S/C16H23NO6S/c1-16(2,15(19)20)17(3)14(18)6-5-11-23-12-7-9-13(10-8-12)24(4,21)22/h7-10H,5-6,11H2,1-4H3,(H,19,20). The third-order valence-electron chi connectivity index (χ3n) is 3.79. The van der Waals surface area contributed by atoms with E-state index in [4.69, 9.17) is 9.84 Å². The molecule has 0 radical (unpaired) electrons. The molecule has 0 atom stereocenters. The number of carboxylic acids is 1. The van der Waals surface area contributed by atoms with Crippen LogP contribution in [-0.4, -0.2) is 55.7 Å². The molecule has 1 amide bonds. The van der Waals surface area contributed by atoms with E-state index in [0.717, 1.165) is 6.26 Å². The van der Waals surface area contributed by atoms with Crippen molar-refractivity contribution in [1.82, 2.24) is 4.90 Å². The van der Waals surface area contributed by atoms with Crippen molar-refractivity contribution >= 4 is 21.7 Å². The predicted octanol–water partition coefficient (Wildman–Crippen LogP) is 1.57. The van der Waals surface area contributed by atoms with Gasteiger partial charge in [0, 0.05) is 19.7 Å². The molecule has 0 aliphatic heterocycles. The number of nitrogens with zero attached hydrogens (tertiary/aromatic N) is 1. The molecule has 0 heterocycles. The molecular formula is C16H23NO6S. The van der Waals surface area contributed by atoms with Crippen LogP contribution in [0.1, 0.15) is 26.7 Å². The highest BCUT2D eigenvalue weighted by atomic mass is 32.2. The lowest BCUT2D eigenvalue weighted by molar-refractivity contribution is -0.155. The number of likely N-dealkylation sites (N-methyl/N-ethyl adjacent to an activating group) is 1. The molecule has 1 rings (SSSR count). The van der Waals surface area contributed by atoms with Gasteiger partial charge in [-0.25, -0.2) is 13.2 Å². The fraction of sp³-hybridized carbons (Fsp3) is 0.500. The van der Waals surface area contributed by atoms with Gasteiger partial charge >= 0.3 is 5.97 Å². The van der Waals surface area contributed by atoms with E-state index in [9.17, 15) is 18.0 Å². The van der Waals surface area contributed by atoms with E-state index in [1.54, 1.807) is 12.1 Å². The van der Waals surface area contributed by atoms with Crippen molar-refractivity contribution < 1.29 is 27.9 Å². The van der Waals surface area contributed by atoms with E-state index in [1.807, 2.05) is 0 Å². The number of hydrogen-bond donors (Lipinski definition) is 1. The van der Waals surface area contributed by atoms with E-state index in [0.29, 0.717) is 12.2 Å². The van der Waals surface area contributed by atoms with Crippen LogP contribution in [0.2, 0.25) is 0 Å². The topological polar surface area (TPSA) is 101 Å². The number of sulfone groups is 1. The van der Waals surface area contributed by atoms with Crippen molar-refractivity contribution in [3.63, 3.8) is 0 Å². The van der Waals surface area contributed by atoms with E-state index in [2.05, 4.69) is 0 Å². The summed E-state index contributed by atoms with van der Waals surface area (Å²) in [6.45, 7) is 3.20. The average molecular weight is 357 g/mol. The molecule has 0 spiro atoms. The van der Waals surface area contributed by atoms with Crippen LogP contribution in [0.25, 0.3) is 0 Å². The highest BCUT2D eigenvalue weighted by Crippen LogP contribution is 2.17. The monoisotopic (exact) mass is 357 g/mol. The first-order valence-corrected chi connectivity index (χ1v) is 9.28. The Morgan fingerprint density at radius 2 is 1.75 bits per heavy atom. The maximum absolute atomic E-state index is 12.0. The van der Waals surface area contributed by atoms with Crippen LogP contribution >= 0.6 is 0 Å². The Hall–Kier alpha value is -2.09. The minimum absolute atomic E-state index is 0.161. The molecule has 1 N–H and O–H groups in total. The van der Waals surface area contributed by atoms with Gasteiger partial charge < -0.3 is 14.7 Å². The first-order valence-electron chi connectivity index (χ1n) is 7.39. The molecule has 7 nitrogen and oxygen atoms in total. The summed E-state index contributed by atoms with van der Waals surface area (Å²) >= 11 is 0. The third-order valence-corrected chi connectivity index (χ3v) is 4.92. The van der Waals surface area contributed by atoms with Gasteiger partial charge in [-0.05, 0) is 44.5 Å². The van der Waals surface area contributed by atoms with Gasteiger partial charge in [0.05, 0.1) is 11.5 Å². The van der Waals surface area contributed by atoms with Crippen LogP contribution in [0.15, 0.2) is 29.2 Å². The van der Waals surface area contributed by atoms with E-state index in [-0.39, 0.29) is 23.8 Å². The van der Waals surface area contributed by atoms with E-state index in [1.165, 1.54) is 37.9 Å². The summed E-state index contributed by atoms with van der Waals surface area (Å²) in [7, 11) is -1.78. The normalized spacial score (nSPS) is 11.8. The average Bonchev–Trinajstić information content (AvgIpc) is 2.49. The number of ether oxygens (including phenoxy) is 1. The van der Waals surface area contributed by atoms with E-state index >= 15 is 0 Å². The molecule has 1 aromatic rings. The van der Waals surface area contributed by atoms with Gasteiger partial charge in [0.25, 0.3) is 0 Å². The van der Waals surface area contributed by atoms with Crippen LogP contribution in [0.3, 0.4) is 0 Å². The Morgan fingerprint density at radius 3 is 2.21 bits per heavy atom. The molecule has 0 aliphatic rings. The minimum Gasteiger partial charge on any atom is -0.494 e. The number of amides is 1. The van der Waals surface area contributed by atoms with Gasteiger partial charge in [-0.1, -0.05) is 0 Å². The number of hydrogen-bond acceptors (Lipinski definition) is 5. The molecule has 0 fully saturated rings. The molecule has 0 aromatic heterocycles. The predicted molar refractivity (Wildman–Crippen MR) is 88.8 cm³/mol. The van der Waals surface area contributed by atoms with Crippen molar-refractivity contribution in [2.24, 2.45) is 0 Å². The number of benzene rings is 1. The molecule has 0 unspecified atom stereocenters. The number of aliphatic carboxylic acids is 1. The van der Waals surface area contributed by atoms with Gasteiger partial charge in [-0.15, -0.1) is 0 Å². The van der Waals surface area contributed by atoms with Crippen LogP contribution in [0.5, 0.6) is 5.75 Å². The quantitative estimate of drug-likeness (QED) is 0.709. The van der Waals surface area contributed by atoms with Crippen LogP contribution in [0.4, 0.5) is 0 Å². The summed E-state index contributed by atoms with van der Waals surface area (Å²) in [5.41, 5.74) is -1.26. The zero-order chi connectivity index (χ0) is 18.5. The Balaban J connectivity index is 2.46. The van der Waals surface area contributed by atoms with E-state index < -0.39 is 21.3 Å². The molecule has 1 aromatic carbocycles. The Morgan fingerprint density at radius 1 is 1.21 bits per heavy atom. The van der Waals surface area contributed by atoms with Crippen LogP contribution < -0.4 is 4.74 Å². The number of carbonyl (C=O) groups excluding carboxylic acids is 1. The van der Waals surface area contributed by atoms with Crippen molar-refractivity contribution in [3.8, 4) is 5.75 Å². The first kappa shape index (κ1) is 20.0. The number of carboxylic acid groups (broad SMARTS) is 1. The van der Waals surface area contributed by atoms with Gasteiger partial charge in [-0.3, -0.25) is 4.79 Å². The summed E-state index contributed by atoms with van der Waals surface area (Å²) < 4.78 is 28.1. The van der Waals surface area contributed by atoms with Gasteiger partial charge in [0.1, 0.15) is 11.3 Å². The molecule has 24 heavy (non-hydrogen) atoms. The molecule has 8 heteroatoms. The van der Waals surface area contributed by atoms with Crippen molar-refractivity contribution in [2.75, 3.05) is 19.9 Å². The summed E-state index contributed by atoms with van der Waals surface area (Å²) in [5, 5.41) is 9.10. The maximum Gasteiger partial charge on any atom is 0.329 e. The van der Waals surface area contributed by atoms with Gasteiger partial charge in [-0.2, -0.15) is 0 Å². The second kappa shape index (κ2) is 7.65. The maximum atomic E-state index is 12.0. The lowest BCUT2D eigenvalue weighted by atomic mass is 10.0. The summed E-state index contributed by atoms with van der Waals surface area (Å²) in [5.74, 6) is -0.840. The number of rotatable bonds is 8. The van der Waals surface area contributed by atoms with Crippen molar-refractivity contribution in [1.29, 1.82) is 0 Å². The van der Waals surface area contributed by atoms with Gasteiger partial charge in [0.2, 0.25) is 5.91 Å². The Bertz CT molecular complexity index is 694. The largest absolute Gasteiger partial charge is 0.494 e. The first-order chi connectivity index (χ1) is 11.0. The second-order valence-electron chi connectivity index (χ2n) is 6.01. The van der Waals surface area contributed by atoms with Gasteiger partial charge in [0.15, 0.2) is 9.84 Å². The Labute approximate surface area is 142 Å². The fourth-order valence-corrected chi connectivity index (χ4v) is 2.45.